The standard InChI is InChI=1S/C21H36N4O3.HI/c1-6-22-21(24-16-9-11-25(12-10-16)15(2)3)23-14-19(26)18-13-17(27-4)7-8-20(18)28-5;/h7-8,13,15-16,19,26H,6,9-12,14H2,1-5H3,(H2,22,23,24);1H. The summed E-state index contributed by atoms with van der Waals surface area (Å²) in [7, 11) is 3.20. The summed E-state index contributed by atoms with van der Waals surface area (Å²) in [5.74, 6) is 2.05. The van der Waals surface area contributed by atoms with E-state index in [2.05, 4.69) is 34.4 Å². The van der Waals surface area contributed by atoms with Crippen molar-refractivity contribution in [2.75, 3.05) is 40.4 Å². The van der Waals surface area contributed by atoms with Gasteiger partial charge in [-0.1, -0.05) is 0 Å². The summed E-state index contributed by atoms with van der Waals surface area (Å²) in [6, 6.07) is 6.40. The third kappa shape index (κ3) is 7.82. The Kier molecular flexibility index (Phi) is 11.7. The number of nitrogens with zero attached hydrogens (tertiary/aromatic N) is 2. The first-order valence-electron chi connectivity index (χ1n) is 10.2. The van der Waals surface area contributed by atoms with Crippen molar-refractivity contribution in [1.82, 2.24) is 15.5 Å². The molecule has 1 aromatic carbocycles. The quantitative estimate of drug-likeness (QED) is 0.278. The molecule has 0 bridgehead atoms. The van der Waals surface area contributed by atoms with Gasteiger partial charge in [-0.3, -0.25) is 4.99 Å². The maximum atomic E-state index is 10.7. The number of aliphatic hydroxyl groups is 1. The van der Waals surface area contributed by atoms with Crippen LogP contribution >= 0.6 is 24.0 Å². The summed E-state index contributed by atoms with van der Waals surface area (Å²) in [4.78, 5) is 7.10. The van der Waals surface area contributed by atoms with E-state index in [1.54, 1.807) is 26.4 Å². The van der Waals surface area contributed by atoms with Crippen molar-refractivity contribution in [2.45, 2.75) is 51.8 Å². The van der Waals surface area contributed by atoms with Gasteiger partial charge < -0.3 is 30.1 Å². The summed E-state index contributed by atoms with van der Waals surface area (Å²) < 4.78 is 10.6. The van der Waals surface area contributed by atoms with Crippen LogP contribution in [0.15, 0.2) is 23.2 Å². The van der Waals surface area contributed by atoms with Crippen LogP contribution in [0, 0.1) is 0 Å². The zero-order valence-electron chi connectivity index (χ0n) is 18.3. The lowest BCUT2D eigenvalue weighted by Gasteiger charge is -2.35. The molecule has 0 aliphatic carbocycles. The van der Waals surface area contributed by atoms with Crippen LogP contribution in [0.1, 0.15) is 45.3 Å². The molecule has 8 heteroatoms. The van der Waals surface area contributed by atoms with Gasteiger partial charge in [-0.2, -0.15) is 0 Å². The van der Waals surface area contributed by atoms with E-state index in [4.69, 9.17) is 9.47 Å². The lowest BCUT2D eigenvalue weighted by molar-refractivity contribution is 0.167. The monoisotopic (exact) mass is 520 g/mol. The number of ether oxygens (including phenoxy) is 2. The van der Waals surface area contributed by atoms with E-state index in [-0.39, 0.29) is 30.5 Å². The maximum absolute atomic E-state index is 10.7. The Morgan fingerprint density at radius 2 is 1.93 bits per heavy atom. The number of aliphatic hydroxyl groups excluding tert-OH is 1. The number of benzene rings is 1. The topological polar surface area (TPSA) is 78.4 Å². The van der Waals surface area contributed by atoms with Crippen molar-refractivity contribution in [3.05, 3.63) is 23.8 Å². The number of methoxy groups -OCH3 is 2. The average Bonchev–Trinajstić information content (AvgIpc) is 2.71. The number of aliphatic imine (C=N–C) groups is 1. The minimum absolute atomic E-state index is 0. The molecular formula is C21H37IN4O3. The Bertz CT molecular complexity index is 634. The van der Waals surface area contributed by atoms with Crippen molar-refractivity contribution in [3.63, 3.8) is 0 Å². The molecule has 0 aromatic heterocycles. The van der Waals surface area contributed by atoms with E-state index in [1.807, 2.05) is 13.0 Å². The molecule has 2 rings (SSSR count). The highest BCUT2D eigenvalue weighted by Gasteiger charge is 2.21. The molecule has 166 valence electrons. The van der Waals surface area contributed by atoms with Gasteiger partial charge in [0.1, 0.15) is 17.6 Å². The van der Waals surface area contributed by atoms with Crippen LogP contribution in [0.25, 0.3) is 0 Å². The third-order valence-electron chi connectivity index (χ3n) is 5.16. The molecule has 3 N–H and O–H groups in total. The molecule has 1 aliphatic heterocycles. The predicted octanol–water partition coefficient (Wildman–Crippen LogP) is 2.78. The van der Waals surface area contributed by atoms with Crippen molar-refractivity contribution in [1.29, 1.82) is 0 Å². The van der Waals surface area contributed by atoms with Gasteiger partial charge in [0.05, 0.1) is 20.8 Å². The Labute approximate surface area is 192 Å². The van der Waals surface area contributed by atoms with Crippen LogP contribution in [0.4, 0.5) is 0 Å². The second-order valence-corrected chi connectivity index (χ2v) is 7.39. The number of hydrogen-bond donors (Lipinski definition) is 3. The minimum atomic E-state index is -0.775. The average molecular weight is 520 g/mol. The minimum Gasteiger partial charge on any atom is -0.497 e. The predicted molar refractivity (Wildman–Crippen MR) is 129 cm³/mol. The smallest absolute Gasteiger partial charge is 0.191 e. The Morgan fingerprint density at radius 1 is 1.24 bits per heavy atom. The fourth-order valence-corrected chi connectivity index (χ4v) is 3.45. The largest absolute Gasteiger partial charge is 0.497 e. The van der Waals surface area contributed by atoms with E-state index >= 15 is 0 Å². The van der Waals surface area contributed by atoms with E-state index in [0.29, 0.717) is 29.1 Å². The number of halogens is 1. The molecular weight excluding hydrogens is 483 g/mol. The molecule has 0 saturated carbocycles. The summed E-state index contributed by atoms with van der Waals surface area (Å²) in [5, 5.41) is 17.5. The van der Waals surface area contributed by atoms with Gasteiger partial charge in [-0.25, -0.2) is 0 Å². The highest BCUT2D eigenvalue weighted by Crippen LogP contribution is 2.29. The van der Waals surface area contributed by atoms with Gasteiger partial charge >= 0.3 is 0 Å². The Morgan fingerprint density at radius 3 is 2.48 bits per heavy atom. The van der Waals surface area contributed by atoms with E-state index in [0.717, 1.165) is 38.4 Å². The molecule has 7 nitrogen and oxygen atoms in total. The molecule has 1 fully saturated rings. The van der Waals surface area contributed by atoms with Crippen LogP contribution in [-0.2, 0) is 0 Å². The van der Waals surface area contributed by atoms with Gasteiger partial charge in [-0.15, -0.1) is 24.0 Å². The van der Waals surface area contributed by atoms with Gasteiger partial charge in [0.25, 0.3) is 0 Å². The third-order valence-corrected chi connectivity index (χ3v) is 5.16. The number of likely N-dealkylation sites (tertiary alicyclic amines) is 1. The lowest BCUT2D eigenvalue weighted by Crippen LogP contribution is -2.50. The van der Waals surface area contributed by atoms with E-state index < -0.39 is 6.10 Å². The SMILES string of the molecule is CCNC(=NCC(O)c1cc(OC)ccc1OC)NC1CCN(C(C)C)CC1.I. The van der Waals surface area contributed by atoms with Crippen LogP contribution in [0.2, 0.25) is 0 Å². The lowest BCUT2D eigenvalue weighted by atomic mass is 10.0. The fourth-order valence-electron chi connectivity index (χ4n) is 3.45. The molecule has 29 heavy (non-hydrogen) atoms. The van der Waals surface area contributed by atoms with E-state index in [9.17, 15) is 5.11 Å². The van der Waals surface area contributed by atoms with Crippen LogP contribution in [-0.4, -0.2) is 68.4 Å². The molecule has 1 atom stereocenters. The summed E-state index contributed by atoms with van der Waals surface area (Å²) in [6.07, 6.45) is 1.41. The highest BCUT2D eigenvalue weighted by molar-refractivity contribution is 14.0. The molecule has 1 aromatic rings. The Balaban J connectivity index is 0.00000420. The van der Waals surface area contributed by atoms with Gasteiger partial charge in [0.15, 0.2) is 5.96 Å². The zero-order chi connectivity index (χ0) is 20.5. The molecule has 0 spiro atoms. The second kappa shape index (κ2) is 13.1. The first-order chi connectivity index (χ1) is 13.5. The van der Waals surface area contributed by atoms with E-state index in [1.165, 1.54) is 0 Å². The number of nitrogens with one attached hydrogen (secondary N) is 2. The van der Waals surface area contributed by atoms with Crippen molar-refractivity contribution in [2.24, 2.45) is 4.99 Å². The molecule has 1 aliphatic rings. The van der Waals surface area contributed by atoms with Gasteiger partial charge in [0, 0.05) is 37.3 Å². The number of hydrogen-bond acceptors (Lipinski definition) is 5. The number of rotatable bonds is 8. The zero-order valence-corrected chi connectivity index (χ0v) is 20.6. The summed E-state index contributed by atoms with van der Waals surface area (Å²) >= 11 is 0. The molecule has 1 unspecified atom stereocenters. The van der Waals surface area contributed by atoms with Crippen LogP contribution < -0.4 is 20.1 Å². The van der Waals surface area contributed by atoms with Crippen LogP contribution in [0.3, 0.4) is 0 Å². The molecule has 1 saturated heterocycles. The van der Waals surface area contributed by atoms with Crippen molar-refractivity contribution < 1.29 is 14.6 Å². The molecule has 0 amide bonds. The summed E-state index contributed by atoms with van der Waals surface area (Å²) in [5.41, 5.74) is 0.673. The highest BCUT2D eigenvalue weighted by atomic mass is 127. The fraction of sp³-hybridized carbons (Fsp3) is 0.667. The van der Waals surface area contributed by atoms with Gasteiger partial charge in [0.2, 0.25) is 0 Å². The van der Waals surface area contributed by atoms with Crippen molar-refractivity contribution >= 4 is 29.9 Å². The summed E-state index contributed by atoms with van der Waals surface area (Å²) in [6.45, 7) is 9.73. The normalized spacial score (nSPS) is 16.9. The van der Waals surface area contributed by atoms with Gasteiger partial charge in [-0.05, 0) is 51.8 Å². The second-order valence-electron chi connectivity index (χ2n) is 7.39. The molecule has 0 radical (unpaired) electrons. The molecule has 1 heterocycles. The van der Waals surface area contributed by atoms with Crippen molar-refractivity contribution in [3.8, 4) is 11.5 Å². The van der Waals surface area contributed by atoms with Crippen LogP contribution in [0.5, 0.6) is 11.5 Å². The number of piperidine rings is 1. The number of guanidine groups is 1. The maximum Gasteiger partial charge on any atom is 0.191 e. The Hall–Kier alpha value is -1.26. The first-order valence-corrected chi connectivity index (χ1v) is 10.2. The first kappa shape index (κ1) is 25.8.